The third kappa shape index (κ3) is 2.29. The van der Waals surface area contributed by atoms with E-state index in [1.165, 1.54) is 18.4 Å². The lowest BCUT2D eigenvalue weighted by Crippen LogP contribution is -2.51. The van der Waals surface area contributed by atoms with Crippen molar-refractivity contribution in [2.24, 2.45) is 5.41 Å². The van der Waals surface area contributed by atoms with Gasteiger partial charge in [-0.05, 0) is 52.1 Å². The van der Waals surface area contributed by atoms with Gasteiger partial charge in [0.15, 0.2) is 0 Å². The van der Waals surface area contributed by atoms with Crippen molar-refractivity contribution in [1.29, 1.82) is 0 Å². The first kappa shape index (κ1) is 15.1. The summed E-state index contributed by atoms with van der Waals surface area (Å²) in [7, 11) is 1.79. The van der Waals surface area contributed by atoms with Crippen LogP contribution in [0.3, 0.4) is 0 Å². The molecule has 1 aliphatic carbocycles. The molecular weight excluding hydrogens is 310 g/mol. The zero-order valence-electron chi connectivity index (χ0n) is 13.8. The summed E-state index contributed by atoms with van der Waals surface area (Å²) in [6.07, 6.45) is 3.59. The van der Waals surface area contributed by atoms with Crippen LogP contribution in [0.4, 0.5) is 5.95 Å². The first-order chi connectivity index (χ1) is 11.1. The average Bonchev–Trinajstić information content (AvgIpc) is 3.26. The van der Waals surface area contributed by atoms with E-state index in [1.54, 1.807) is 18.4 Å². The van der Waals surface area contributed by atoms with Gasteiger partial charge in [-0.2, -0.15) is 11.3 Å². The average molecular weight is 333 g/mol. The minimum atomic E-state index is 0.0521. The second-order valence-electron chi connectivity index (χ2n) is 7.13. The standard InChI is InChI=1S/C16H23N5OS/c1-16(2)13(9-14(16)22-3)21-15(17-18-19-21)20-7-4-5-12(20)11-6-8-23-10-11/h6,8,10,12-14H,4-5,7,9H2,1-3H3. The summed E-state index contributed by atoms with van der Waals surface area (Å²) in [4.78, 5) is 2.37. The molecule has 1 aliphatic heterocycles. The number of methoxy groups -OCH3 is 1. The van der Waals surface area contributed by atoms with Crippen LogP contribution in [0.15, 0.2) is 16.8 Å². The summed E-state index contributed by atoms with van der Waals surface area (Å²) in [5.74, 6) is 0.909. The fourth-order valence-electron chi connectivity index (χ4n) is 4.08. The van der Waals surface area contributed by atoms with Crippen LogP contribution in [-0.4, -0.2) is 40.0 Å². The van der Waals surface area contributed by atoms with Gasteiger partial charge < -0.3 is 9.64 Å². The molecule has 3 unspecified atom stereocenters. The molecule has 0 amide bonds. The zero-order chi connectivity index (χ0) is 16.0. The van der Waals surface area contributed by atoms with Gasteiger partial charge in [0.2, 0.25) is 5.95 Å². The molecule has 0 spiro atoms. The van der Waals surface area contributed by atoms with Gasteiger partial charge in [-0.1, -0.05) is 18.9 Å². The fourth-order valence-corrected chi connectivity index (χ4v) is 4.78. The van der Waals surface area contributed by atoms with Crippen LogP contribution < -0.4 is 4.90 Å². The highest BCUT2D eigenvalue weighted by molar-refractivity contribution is 7.08. The monoisotopic (exact) mass is 333 g/mol. The van der Waals surface area contributed by atoms with Gasteiger partial charge in [0.05, 0.1) is 18.2 Å². The molecule has 2 aromatic rings. The second-order valence-corrected chi connectivity index (χ2v) is 7.91. The summed E-state index contributed by atoms with van der Waals surface area (Å²) in [6.45, 7) is 5.49. The van der Waals surface area contributed by atoms with Crippen LogP contribution in [0.2, 0.25) is 0 Å². The molecule has 3 heterocycles. The Morgan fingerprint density at radius 3 is 2.96 bits per heavy atom. The highest BCUT2D eigenvalue weighted by Crippen LogP contribution is 2.52. The molecule has 0 aromatic carbocycles. The molecule has 2 aliphatic rings. The second kappa shape index (κ2) is 5.56. The van der Waals surface area contributed by atoms with Crippen LogP contribution in [-0.2, 0) is 4.74 Å². The minimum Gasteiger partial charge on any atom is -0.381 e. The Morgan fingerprint density at radius 2 is 2.26 bits per heavy atom. The summed E-state index contributed by atoms with van der Waals surface area (Å²) >= 11 is 1.75. The zero-order valence-corrected chi connectivity index (χ0v) is 14.7. The lowest BCUT2D eigenvalue weighted by molar-refractivity contribution is -0.116. The van der Waals surface area contributed by atoms with E-state index in [-0.39, 0.29) is 11.5 Å². The molecule has 0 N–H and O–H groups in total. The first-order valence-electron chi connectivity index (χ1n) is 8.22. The van der Waals surface area contributed by atoms with Crippen molar-refractivity contribution in [2.75, 3.05) is 18.6 Å². The molecule has 7 heteroatoms. The summed E-state index contributed by atoms with van der Waals surface area (Å²) < 4.78 is 7.61. The highest BCUT2D eigenvalue weighted by Gasteiger charge is 2.51. The van der Waals surface area contributed by atoms with Gasteiger partial charge >= 0.3 is 0 Å². The van der Waals surface area contributed by atoms with Crippen LogP contribution in [0.25, 0.3) is 0 Å². The van der Waals surface area contributed by atoms with E-state index >= 15 is 0 Å². The smallest absolute Gasteiger partial charge is 0.246 e. The molecule has 1 saturated heterocycles. The van der Waals surface area contributed by atoms with Gasteiger partial charge in [0, 0.05) is 19.1 Å². The maximum absolute atomic E-state index is 5.58. The van der Waals surface area contributed by atoms with E-state index in [2.05, 4.69) is 51.1 Å². The van der Waals surface area contributed by atoms with Crippen molar-refractivity contribution in [3.8, 4) is 0 Å². The van der Waals surface area contributed by atoms with Crippen molar-refractivity contribution in [1.82, 2.24) is 20.2 Å². The van der Waals surface area contributed by atoms with Crippen molar-refractivity contribution in [3.63, 3.8) is 0 Å². The van der Waals surface area contributed by atoms with Gasteiger partial charge in [-0.15, -0.1) is 0 Å². The molecule has 3 atom stereocenters. The van der Waals surface area contributed by atoms with Crippen LogP contribution >= 0.6 is 11.3 Å². The maximum atomic E-state index is 5.58. The van der Waals surface area contributed by atoms with Crippen LogP contribution in [0, 0.1) is 5.41 Å². The maximum Gasteiger partial charge on any atom is 0.246 e. The first-order valence-corrected chi connectivity index (χ1v) is 9.16. The lowest BCUT2D eigenvalue weighted by Gasteiger charge is -2.50. The van der Waals surface area contributed by atoms with E-state index in [0.29, 0.717) is 12.1 Å². The predicted octanol–water partition coefficient (Wildman–Crippen LogP) is 3.06. The number of thiophene rings is 1. The Bertz CT molecular complexity index is 668. The minimum absolute atomic E-state index is 0.0521. The Balaban J connectivity index is 1.63. The van der Waals surface area contributed by atoms with E-state index in [1.807, 2.05) is 4.68 Å². The highest BCUT2D eigenvalue weighted by atomic mass is 32.1. The third-order valence-corrected chi connectivity index (χ3v) is 6.32. The SMILES string of the molecule is COC1CC(n2nnnc2N2CCCC2c2ccsc2)C1(C)C. The molecule has 2 fully saturated rings. The number of anilines is 1. The van der Waals surface area contributed by atoms with E-state index < -0.39 is 0 Å². The van der Waals surface area contributed by atoms with Crippen molar-refractivity contribution < 1.29 is 4.74 Å². The van der Waals surface area contributed by atoms with Crippen LogP contribution in [0.1, 0.15) is 50.8 Å². The summed E-state index contributed by atoms with van der Waals surface area (Å²) in [6, 6.07) is 2.91. The van der Waals surface area contributed by atoms with Gasteiger partial charge in [-0.25, -0.2) is 4.68 Å². The number of tetrazole rings is 1. The summed E-state index contributed by atoms with van der Waals surface area (Å²) in [5.41, 5.74) is 1.43. The number of aromatic nitrogens is 4. The number of hydrogen-bond donors (Lipinski definition) is 0. The van der Waals surface area contributed by atoms with Crippen molar-refractivity contribution in [3.05, 3.63) is 22.4 Å². The predicted molar refractivity (Wildman–Crippen MR) is 89.7 cm³/mol. The largest absolute Gasteiger partial charge is 0.381 e. The Labute approximate surface area is 140 Å². The fraction of sp³-hybridized carbons (Fsp3) is 0.688. The number of ether oxygens (including phenoxy) is 1. The molecule has 6 nitrogen and oxygen atoms in total. The number of hydrogen-bond acceptors (Lipinski definition) is 6. The van der Waals surface area contributed by atoms with E-state index in [4.69, 9.17) is 4.74 Å². The Hall–Kier alpha value is -1.47. The van der Waals surface area contributed by atoms with Crippen molar-refractivity contribution in [2.45, 2.75) is 51.3 Å². The molecule has 124 valence electrons. The third-order valence-electron chi connectivity index (χ3n) is 5.62. The Kier molecular flexibility index (Phi) is 3.65. The summed E-state index contributed by atoms with van der Waals surface area (Å²) in [5, 5.41) is 17.1. The van der Waals surface area contributed by atoms with Gasteiger partial charge in [-0.3, -0.25) is 0 Å². The number of nitrogens with zero attached hydrogens (tertiary/aromatic N) is 5. The lowest BCUT2D eigenvalue weighted by atomic mass is 9.64. The quantitative estimate of drug-likeness (QED) is 0.861. The normalized spacial score (nSPS) is 29.7. The molecule has 0 bridgehead atoms. The topological polar surface area (TPSA) is 56.1 Å². The molecule has 1 saturated carbocycles. The van der Waals surface area contributed by atoms with E-state index in [9.17, 15) is 0 Å². The molecule has 23 heavy (non-hydrogen) atoms. The van der Waals surface area contributed by atoms with Crippen LogP contribution in [0.5, 0.6) is 0 Å². The molecule has 2 aromatic heterocycles. The molecular formula is C16H23N5OS. The van der Waals surface area contributed by atoms with Crippen molar-refractivity contribution >= 4 is 17.3 Å². The van der Waals surface area contributed by atoms with E-state index in [0.717, 1.165) is 18.9 Å². The number of rotatable bonds is 4. The molecule has 4 rings (SSSR count). The molecule has 0 radical (unpaired) electrons. The van der Waals surface area contributed by atoms with Gasteiger partial charge in [0.1, 0.15) is 0 Å². The Morgan fingerprint density at radius 1 is 1.39 bits per heavy atom. The van der Waals surface area contributed by atoms with Gasteiger partial charge in [0.25, 0.3) is 0 Å².